The molecule has 0 radical (unpaired) electrons. The van der Waals surface area contributed by atoms with Gasteiger partial charge in [-0.3, -0.25) is 4.90 Å². The quantitative estimate of drug-likeness (QED) is 0.902. The molecule has 3 unspecified atom stereocenters. The lowest BCUT2D eigenvalue weighted by Gasteiger charge is -2.48. The molecule has 0 aromatic carbocycles. The summed E-state index contributed by atoms with van der Waals surface area (Å²) in [5.74, 6) is 0. The van der Waals surface area contributed by atoms with Crippen molar-refractivity contribution in [3.8, 4) is 0 Å². The Bertz CT molecular complexity index is 382. The second-order valence-corrected chi connectivity index (χ2v) is 6.84. The van der Waals surface area contributed by atoms with Gasteiger partial charge >= 0.3 is 0 Å². The van der Waals surface area contributed by atoms with Gasteiger partial charge in [-0.15, -0.1) is 11.3 Å². The minimum Gasteiger partial charge on any atom is -0.378 e. The van der Waals surface area contributed by atoms with Crippen LogP contribution in [-0.4, -0.2) is 42.8 Å². The Labute approximate surface area is 120 Å². The number of thiophene rings is 1. The van der Waals surface area contributed by atoms with E-state index in [1.165, 1.54) is 4.88 Å². The lowest BCUT2D eigenvalue weighted by atomic mass is 9.84. The fourth-order valence-corrected chi connectivity index (χ4v) is 3.95. The topological polar surface area (TPSA) is 38.5 Å². The van der Waals surface area contributed by atoms with Crippen molar-refractivity contribution in [2.45, 2.75) is 50.8 Å². The lowest BCUT2D eigenvalue weighted by molar-refractivity contribution is -0.0659. The third kappa shape index (κ3) is 3.37. The molecule has 1 aliphatic rings. The minimum atomic E-state index is 0.105. The van der Waals surface area contributed by atoms with Crippen LogP contribution in [0.25, 0.3) is 0 Å². The van der Waals surface area contributed by atoms with Crippen LogP contribution in [-0.2, 0) is 11.2 Å². The van der Waals surface area contributed by atoms with Crippen LogP contribution in [0.5, 0.6) is 0 Å². The van der Waals surface area contributed by atoms with Crippen molar-refractivity contribution < 1.29 is 4.74 Å². The average molecular weight is 282 g/mol. The molecule has 0 amide bonds. The van der Waals surface area contributed by atoms with Gasteiger partial charge in [-0.2, -0.15) is 0 Å². The van der Waals surface area contributed by atoms with Crippen LogP contribution in [0.2, 0.25) is 0 Å². The van der Waals surface area contributed by atoms with Crippen molar-refractivity contribution in [2.24, 2.45) is 5.73 Å². The largest absolute Gasteiger partial charge is 0.378 e. The molecular formula is C15H26N2OS. The molecule has 3 atom stereocenters. The summed E-state index contributed by atoms with van der Waals surface area (Å²) in [5.41, 5.74) is 6.22. The Hall–Kier alpha value is -0.420. The van der Waals surface area contributed by atoms with Gasteiger partial charge in [0.1, 0.15) is 0 Å². The first-order chi connectivity index (χ1) is 9.07. The first kappa shape index (κ1) is 15.0. The van der Waals surface area contributed by atoms with Gasteiger partial charge in [-0.05, 0) is 51.6 Å². The third-order valence-electron chi connectivity index (χ3n) is 4.50. The van der Waals surface area contributed by atoms with Crippen molar-refractivity contribution in [2.75, 3.05) is 20.2 Å². The number of likely N-dealkylation sites (N-methyl/N-ethyl adjacent to an activating group) is 1. The van der Waals surface area contributed by atoms with E-state index < -0.39 is 0 Å². The Morgan fingerprint density at radius 1 is 1.63 bits per heavy atom. The van der Waals surface area contributed by atoms with Crippen LogP contribution in [0.15, 0.2) is 17.5 Å². The Kier molecular flexibility index (Phi) is 5.01. The fraction of sp³-hybridized carbons (Fsp3) is 0.733. The van der Waals surface area contributed by atoms with Gasteiger partial charge in [0.2, 0.25) is 0 Å². The second-order valence-electron chi connectivity index (χ2n) is 5.81. The lowest BCUT2D eigenvalue weighted by Crippen LogP contribution is -2.59. The van der Waals surface area contributed by atoms with Crippen LogP contribution in [0, 0.1) is 0 Å². The summed E-state index contributed by atoms with van der Waals surface area (Å²) in [7, 11) is 2.23. The third-order valence-corrected chi connectivity index (χ3v) is 5.40. The summed E-state index contributed by atoms with van der Waals surface area (Å²) in [6, 6.07) is 4.85. The fourth-order valence-electron chi connectivity index (χ4n) is 3.12. The van der Waals surface area contributed by atoms with Crippen LogP contribution in [0.4, 0.5) is 0 Å². The zero-order valence-corrected chi connectivity index (χ0v) is 13.1. The zero-order chi connectivity index (χ0) is 13.9. The molecule has 0 spiro atoms. The number of nitrogens with zero attached hydrogens (tertiary/aromatic N) is 1. The summed E-state index contributed by atoms with van der Waals surface area (Å²) in [5, 5.41) is 2.15. The molecular weight excluding hydrogens is 256 g/mol. The van der Waals surface area contributed by atoms with Crippen molar-refractivity contribution in [1.29, 1.82) is 0 Å². The SMILES string of the molecule is CC1CC(CN)(N(C)C(C)Cc2cccs2)CCO1. The van der Waals surface area contributed by atoms with Crippen LogP contribution >= 0.6 is 11.3 Å². The van der Waals surface area contributed by atoms with Gasteiger partial charge in [-0.1, -0.05) is 6.07 Å². The number of hydrogen-bond acceptors (Lipinski definition) is 4. The number of rotatable bonds is 5. The van der Waals surface area contributed by atoms with Crippen molar-refractivity contribution in [3.05, 3.63) is 22.4 Å². The molecule has 2 heterocycles. The van der Waals surface area contributed by atoms with E-state index >= 15 is 0 Å². The van der Waals surface area contributed by atoms with E-state index in [1.807, 2.05) is 11.3 Å². The van der Waals surface area contributed by atoms with E-state index in [4.69, 9.17) is 10.5 Å². The van der Waals surface area contributed by atoms with Crippen molar-refractivity contribution >= 4 is 11.3 Å². The minimum absolute atomic E-state index is 0.105. The molecule has 1 aliphatic heterocycles. The Morgan fingerprint density at radius 2 is 2.42 bits per heavy atom. The standard InChI is InChI=1S/C15H26N2OS/c1-12(9-14-5-4-8-19-14)17(3)15(11-16)6-7-18-13(2)10-15/h4-5,8,12-13H,6-7,9-11,16H2,1-3H3. The molecule has 19 heavy (non-hydrogen) atoms. The number of hydrogen-bond donors (Lipinski definition) is 1. The first-order valence-electron chi connectivity index (χ1n) is 7.14. The van der Waals surface area contributed by atoms with Gasteiger partial charge in [0, 0.05) is 29.6 Å². The molecule has 2 rings (SSSR count). The summed E-state index contributed by atoms with van der Waals surface area (Å²) >= 11 is 1.84. The maximum absolute atomic E-state index is 6.12. The highest BCUT2D eigenvalue weighted by Gasteiger charge is 2.39. The van der Waals surface area contributed by atoms with Gasteiger partial charge in [0.15, 0.2) is 0 Å². The number of ether oxygens (including phenoxy) is 1. The van der Waals surface area contributed by atoms with Gasteiger partial charge in [-0.25, -0.2) is 0 Å². The zero-order valence-electron chi connectivity index (χ0n) is 12.3. The molecule has 2 N–H and O–H groups in total. The molecule has 1 saturated heterocycles. The normalized spacial score (nSPS) is 29.6. The highest BCUT2D eigenvalue weighted by Crippen LogP contribution is 2.31. The molecule has 0 aliphatic carbocycles. The molecule has 3 nitrogen and oxygen atoms in total. The monoisotopic (exact) mass is 282 g/mol. The summed E-state index contributed by atoms with van der Waals surface area (Å²) < 4.78 is 5.69. The first-order valence-corrected chi connectivity index (χ1v) is 8.02. The highest BCUT2D eigenvalue weighted by molar-refractivity contribution is 7.09. The second kappa shape index (κ2) is 6.35. The molecule has 0 saturated carbocycles. The molecule has 1 aromatic rings. The number of nitrogens with two attached hydrogens (primary N) is 1. The predicted octanol–water partition coefficient (Wildman–Crippen LogP) is 2.51. The Morgan fingerprint density at radius 3 is 3.00 bits per heavy atom. The smallest absolute Gasteiger partial charge is 0.0565 e. The van der Waals surface area contributed by atoms with E-state index in [9.17, 15) is 0 Å². The molecule has 1 aromatic heterocycles. The van der Waals surface area contributed by atoms with E-state index in [-0.39, 0.29) is 5.54 Å². The van der Waals surface area contributed by atoms with E-state index in [1.54, 1.807) is 0 Å². The average Bonchev–Trinajstić information content (AvgIpc) is 2.90. The summed E-state index contributed by atoms with van der Waals surface area (Å²) in [6.45, 7) is 6.00. The highest BCUT2D eigenvalue weighted by atomic mass is 32.1. The van der Waals surface area contributed by atoms with Gasteiger partial charge in [0.25, 0.3) is 0 Å². The summed E-state index contributed by atoms with van der Waals surface area (Å²) in [4.78, 5) is 3.94. The molecule has 4 heteroatoms. The predicted molar refractivity (Wildman–Crippen MR) is 81.7 cm³/mol. The van der Waals surface area contributed by atoms with E-state index in [0.29, 0.717) is 18.7 Å². The van der Waals surface area contributed by atoms with Crippen molar-refractivity contribution in [1.82, 2.24) is 4.90 Å². The van der Waals surface area contributed by atoms with Gasteiger partial charge in [0.05, 0.1) is 6.10 Å². The molecule has 108 valence electrons. The van der Waals surface area contributed by atoms with Crippen LogP contribution in [0.3, 0.4) is 0 Å². The van der Waals surface area contributed by atoms with Gasteiger partial charge < -0.3 is 10.5 Å². The molecule has 1 fully saturated rings. The summed E-state index contributed by atoms with van der Waals surface area (Å²) in [6.07, 6.45) is 3.49. The van der Waals surface area contributed by atoms with E-state index in [0.717, 1.165) is 25.9 Å². The van der Waals surface area contributed by atoms with Crippen LogP contribution < -0.4 is 5.73 Å². The maximum Gasteiger partial charge on any atom is 0.0565 e. The maximum atomic E-state index is 6.12. The molecule has 0 bridgehead atoms. The van der Waals surface area contributed by atoms with Crippen LogP contribution in [0.1, 0.15) is 31.6 Å². The Balaban J connectivity index is 2.04. The van der Waals surface area contributed by atoms with Crippen molar-refractivity contribution in [3.63, 3.8) is 0 Å². The van der Waals surface area contributed by atoms with E-state index in [2.05, 4.69) is 43.3 Å².